The van der Waals surface area contributed by atoms with Crippen LogP contribution in [-0.4, -0.2) is 96.8 Å². The zero-order valence-corrected chi connectivity index (χ0v) is 48.0. The van der Waals surface area contributed by atoms with Crippen LogP contribution >= 0.6 is 11.6 Å². The molecule has 0 fully saturated rings. The van der Waals surface area contributed by atoms with Gasteiger partial charge in [-0.3, -0.25) is 0 Å². The molecule has 5 aromatic heterocycles. The van der Waals surface area contributed by atoms with Gasteiger partial charge in [0.05, 0.1) is 63.3 Å². The molecule has 0 unspecified atom stereocenters. The number of para-hydroxylation sites is 3. The molecule has 0 saturated heterocycles. The first-order chi connectivity index (χ1) is 40.3. The number of aromatic nitrogens is 10. The van der Waals surface area contributed by atoms with Crippen LogP contribution in [0.3, 0.4) is 0 Å². The normalized spacial score (nSPS) is 14.0. The second kappa shape index (κ2) is 26.1. The number of benzene rings is 5. The van der Waals surface area contributed by atoms with Gasteiger partial charge in [-0.1, -0.05) is 72.3 Å². The number of nitrogens with zero attached hydrogens (tertiary/aromatic N) is 10. The van der Waals surface area contributed by atoms with Crippen LogP contribution < -0.4 is 34.0 Å². The summed E-state index contributed by atoms with van der Waals surface area (Å²) in [6, 6.07) is 31.8. The number of fused-ring (bicyclic) bond motifs is 5. The maximum Gasteiger partial charge on any atom is 0.142 e. The van der Waals surface area contributed by atoms with Gasteiger partial charge >= 0.3 is 0 Å². The van der Waals surface area contributed by atoms with Gasteiger partial charge in [-0.05, 0) is 110 Å². The van der Waals surface area contributed by atoms with Crippen LogP contribution in [0.1, 0.15) is 68.1 Å². The molecule has 15 rings (SSSR count). The Morgan fingerprint density at radius 3 is 1.37 bits per heavy atom. The molecule has 5 N–H and O–H groups in total. The molecular formula is C64H72ClN15O2. The fourth-order valence-electron chi connectivity index (χ4n) is 11.7. The number of imidazole rings is 5. The van der Waals surface area contributed by atoms with Crippen molar-refractivity contribution in [2.45, 2.75) is 78.7 Å². The number of nitrogens with one attached hydrogen (secondary N) is 5. The van der Waals surface area contributed by atoms with Crippen LogP contribution in [0.15, 0.2) is 153 Å². The molecule has 0 radical (unpaired) electrons. The summed E-state index contributed by atoms with van der Waals surface area (Å²) in [6.45, 7) is 13.8. The van der Waals surface area contributed by atoms with E-state index in [0.29, 0.717) is 0 Å². The molecule has 17 nitrogen and oxygen atoms in total. The number of anilines is 5. The highest BCUT2D eigenvalue weighted by molar-refractivity contribution is 6.33. The van der Waals surface area contributed by atoms with E-state index >= 15 is 0 Å². The topological polar surface area (TPSA) is 178 Å². The lowest BCUT2D eigenvalue weighted by molar-refractivity contribution is 0.411. The molecule has 5 aliphatic heterocycles. The lowest BCUT2D eigenvalue weighted by Gasteiger charge is -2.20. The molecule has 10 heterocycles. The Morgan fingerprint density at radius 2 is 0.829 bits per heavy atom. The SMILES string of the molecule is COc1cccc2c1CCN2Cc1ncc[nH]1.COc1cccc2c1N(Cc1ncc[nH]1)CC2.Cc1ccc2c(c1)N(Cc1ncc[nH]1)CC2.Cc1cccc2c1N(Cc1ncc[nH]1)CC2.Clc1cccc2c1N(Cc1ncc[nH]1)CC2. The smallest absolute Gasteiger partial charge is 0.142 e. The number of aryl methyl sites for hydroxylation is 2. The maximum atomic E-state index is 6.23. The number of halogens is 1. The molecule has 0 atom stereocenters. The molecule has 82 heavy (non-hydrogen) atoms. The minimum absolute atomic E-state index is 0.795. The van der Waals surface area contributed by atoms with Crippen molar-refractivity contribution in [1.82, 2.24) is 49.8 Å². The summed E-state index contributed by atoms with van der Waals surface area (Å²) in [5.41, 5.74) is 16.0. The highest BCUT2D eigenvalue weighted by Gasteiger charge is 2.26. The third kappa shape index (κ3) is 13.0. The molecule has 10 aromatic rings. The van der Waals surface area contributed by atoms with E-state index in [9.17, 15) is 0 Å². The summed E-state index contributed by atoms with van der Waals surface area (Å²) in [5, 5.41) is 0.835. The first-order valence-electron chi connectivity index (χ1n) is 28.2. The van der Waals surface area contributed by atoms with Crippen LogP contribution in [0.25, 0.3) is 0 Å². The van der Waals surface area contributed by atoms with Crippen LogP contribution in [0.5, 0.6) is 11.5 Å². The summed E-state index contributed by atoms with van der Waals surface area (Å²) in [5.74, 6) is 6.98. The summed E-state index contributed by atoms with van der Waals surface area (Å²) in [6.07, 6.45) is 23.8. The van der Waals surface area contributed by atoms with E-state index in [2.05, 4.69) is 143 Å². The number of aromatic amines is 5. The van der Waals surface area contributed by atoms with Crippen molar-refractivity contribution in [3.8, 4) is 11.5 Å². The summed E-state index contributed by atoms with van der Waals surface area (Å²) >= 11 is 6.23. The predicted octanol–water partition coefficient (Wildman–Crippen LogP) is 11.1. The molecular weight excluding hydrogens is 1050 g/mol. The van der Waals surface area contributed by atoms with Gasteiger partial charge in [-0.15, -0.1) is 0 Å². The lowest BCUT2D eigenvalue weighted by Crippen LogP contribution is -2.21. The molecule has 0 spiro atoms. The summed E-state index contributed by atoms with van der Waals surface area (Å²) in [4.78, 5) is 48.8. The van der Waals surface area contributed by atoms with Crippen LogP contribution in [0.4, 0.5) is 28.4 Å². The lowest BCUT2D eigenvalue weighted by atomic mass is 10.1. The predicted molar refractivity (Wildman–Crippen MR) is 327 cm³/mol. The number of hydrogen-bond acceptors (Lipinski definition) is 12. The van der Waals surface area contributed by atoms with Crippen molar-refractivity contribution in [3.05, 3.63) is 226 Å². The third-order valence-corrected chi connectivity index (χ3v) is 15.9. The van der Waals surface area contributed by atoms with Gasteiger partial charge < -0.3 is 58.9 Å². The van der Waals surface area contributed by atoms with E-state index in [1.807, 2.05) is 79.8 Å². The summed E-state index contributed by atoms with van der Waals surface area (Å²) in [7, 11) is 3.45. The van der Waals surface area contributed by atoms with Gasteiger partial charge in [-0.25, -0.2) is 24.9 Å². The minimum atomic E-state index is 0.795. The first-order valence-corrected chi connectivity index (χ1v) is 28.6. The third-order valence-electron chi connectivity index (χ3n) is 15.6. The first kappa shape index (κ1) is 55.0. The fraction of sp³-hybridized carbons (Fsp3) is 0.297. The van der Waals surface area contributed by atoms with E-state index in [1.165, 1.54) is 67.4 Å². The van der Waals surface area contributed by atoms with Crippen molar-refractivity contribution >= 4 is 40.0 Å². The average molecular weight is 1120 g/mol. The Morgan fingerprint density at radius 1 is 0.415 bits per heavy atom. The van der Waals surface area contributed by atoms with Crippen molar-refractivity contribution in [3.63, 3.8) is 0 Å². The van der Waals surface area contributed by atoms with Gasteiger partial charge in [-0.2, -0.15) is 0 Å². The van der Waals surface area contributed by atoms with Crippen molar-refractivity contribution < 1.29 is 9.47 Å². The molecule has 0 aliphatic carbocycles. The molecule has 5 aliphatic rings. The standard InChI is InChI=1S/2C13H15N3O.2C13H15N3.C12H12ClN3/c1-17-12-4-2-3-11-10(12)5-8-16(11)9-13-14-6-7-15-13;1-17-11-4-2-3-10-5-8-16(13(10)11)9-12-14-6-7-15-12;1-10-2-3-11-4-7-16(12(11)8-10)9-13-14-5-6-15-13;1-10-3-2-4-11-5-8-16(13(10)11)9-12-14-6-7-15-12;13-10-3-1-2-9-4-7-16(12(9)10)8-11-14-5-6-15-11/h2*2-4,6-7H,5,8-9H2,1H3,(H,14,15);2-3,5-6,8H,4,7,9H2,1H3,(H,14,15);2-4,6-7H,5,8-9H2,1H3,(H,14,15);1-3,5-6H,4,7-8H2,(H,14,15). The van der Waals surface area contributed by atoms with E-state index in [4.69, 9.17) is 21.1 Å². The zero-order chi connectivity index (χ0) is 56.2. The molecule has 422 valence electrons. The van der Waals surface area contributed by atoms with Gasteiger partial charge in [0.1, 0.15) is 40.6 Å². The molecule has 18 heteroatoms. The Labute approximate surface area is 484 Å². The largest absolute Gasteiger partial charge is 0.496 e. The van der Waals surface area contributed by atoms with Crippen LogP contribution in [0.2, 0.25) is 5.02 Å². The van der Waals surface area contributed by atoms with E-state index in [0.717, 1.165) is 143 Å². The number of H-pyrrole nitrogens is 5. The van der Waals surface area contributed by atoms with Gasteiger partial charge in [0.2, 0.25) is 0 Å². The van der Waals surface area contributed by atoms with E-state index in [1.54, 1.807) is 32.8 Å². The molecule has 5 aromatic carbocycles. The molecule has 0 saturated carbocycles. The highest BCUT2D eigenvalue weighted by atomic mass is 35.5. The van der Waals surface area contributed by atoms with Crippen LogP contribution in [0, 0.1) is 13.8 Å². The van der Waals surface area contributed by atoms with Crippen molar-refractivity contribution in [2.75, 3.05) is 71.4 Å². The quantitative estimate of drug-likeness (QED) is 0.0783. The summed E-state index contributed by atoms with van der Waals surface area (Å²) < 4.78 is 10.8. The molecule has 0 amide bonds. The Hall–Kier alpha value is -8.96. The number of methoxy groups -OCH3 is 2. The van der Waals surface area contributed by atoms with Gasteiger partial charge in [0, 0.05) is 117 Å². The van der Waals surface area contributed by atoms with Gasteiger partial charge in [0.25, 0.3) is 0 Å². The second-order valence-electron chi connectivity index (χ2n) is 20.9. The van der Waals surface area contributed by atoms with Crippen molar-refractivity contribution in [1.29, 1.82) is 0 Å². The number of ether oxygens (including phenoxy) is 2. The number of hydrogen-bond donors (Lipinski definition) is 5. The Bertz CT molecular complexity index is 3490. The second-order valence-corrected chi connectivity index (χ2v) is 21.3. The van der Waals surface area contributed by atoms with Crippen LogP contribution in [-0.2, 0) is 64.8 Å². The minimum Gasteiger partial charge on any atom is -0.496 e. The Balaban J connectivity index is 0.000000108. The van der Waals surface area contributed by atoms with E-state index in [-0.39, 0.29) is 0 Å². The fourth-order valence-corrected chi connectivity index (χ4v) is 12.0. The number of rotatable bonds is 12. The highest BCUT2D eigenvalue weighted by Crippen LogP contribution is 2.39. The van der Waals surface area contributed by atoms with Crippen molar-refractivity contribution in [2.24, 2.45) is 0 Å². The molecule has 0 bridgehead atoms. The maximum absolute atomic E-state index is 6.23. The average Bonchev–Trinajstić information content (AvgIpc) is 4.43. The van der Waals surface area contributed by atoms with Gasteiger partial charge in [0.15, 0.2) is 0 Å². The zero-order valence-electron chi connectivity index (χ0n) is 47.2. The monoisotopic (exact) mass is 1120 g/mol. The van der Waals surface area contributed by atoms with E-state index < -0.39 is 0 Å². The Kier molecular flexibility index (Phi) is 17.5.